The standard InChI is InChI=1S/C24H49NO5/c1-2-3-4-5-6-7-8-9-10-11-12-13-14-15-16-17-19(25)24-23(29)22(28)21(27)20(18-26)30-24/h19-24,26-29H,2-18,25H2,1H3/t19?,20-,21-,22+,23+,24?/m1/s1. The van der Waals surface area contributed by atoms with Gasteiger partial charge in [-0.05, 0) is 6.42 Å². The van der Waals surface area contributed by atoms with Gasteiger partial charge in [0.15, 0.2) is 0 Å². The zero-order valence-electron chi connectivity index (χ0n) is 19.3. The van der Waals surface area contributed by atoms with Crippen LogP contribution < -0.4 is 5.73 Å². The SMILES string of the molecule is CCCCCCCCCCCCCCCCCC(N)C1O[C@H](CO)[C@@H](O)[C@H](O)[C@@H]1O. The molecule has 0 aromatic heterocycles. The van der Waals surface area contributed by atoms with Crippen molar-refractivity contribution in [1.29, 1.82) is 0 Å². The van der Waals surface area contributed by atoms with Gasteiger partial charge in [0, 0.05) is 6.04 Å². The van der Waals surface area contributed by atoms with Crippen molar-refractivity contribution in [3.05, 3.63) is 0 Å². The lowest BCUT2D eigenvalue weighted by Crippen LogP contribution is -2.62. The summed E-state index contributed by atoms with van der Waals surface area (Å²) in [6.45, 7) is 1.85. The highest BCUT2D eigenvalue weighted by Gasteiger charge is 2.45. The topological polar surface area (TPSA) is 116 Å². The Morgan fingerprint density at radius 3 is 1.53 bits per heavy atom. The number of nitrogens with two attached hydrogens (primary N) is 1. The summed E-state index contributed by atoms with van der Waals surface area (Å²) < 4.78 is 5.53. The Labute approximate surface area is 184 Å². The van der Waals surface area contributed by atoms with Crippen LogP contribution in [0, 0.1) is 0 Å². The second-order valence-electron chi connectivity index (χ2n) is 9.20. The molecular formula is C24H49NO5. The van der Waals surface area contributed by atoms with Gasteiger partial charge < -0.3 is 30.9 Å². The Morgan fingerprint density at radius 2 is 1.10 bits per heavy atom. The first-order valence-corrected chi connectivity index (χ1v) is 12.6. The maximum atomic E-state index is 10.1. The van der Waals surface area contributed by atoms with E-state index >= 15 is 0 Å². The molecule has 0 bridgehead atoms. The van der Waals surface area contributed by atoms with Crippen LogP contribution in [0.15, 0.2) is 0 Å². The van der Waals surface area contributed by atoms with E-state index in [0.29, 0.717) is 6.42 Å². The van der Waals surface area contributed by atoms with E-state index in [1.54, 1.807) is 0 Å². The third-order valence-electron chi connectivity index (χ3n) is 6.49. The molecule has 6 nitrogen and oxygen atoms in total. The number of unbranched alkanes of at least 4 members (excludes halogenated alkanes) is 14. The smallest absolute Gasteiger partial charge is 0.111 e. The van der Waals surface area contributed by atoms with Gasteiger partial charge in [-0.15, -0.1) is 0 Å². The van der Waals surface area contributed by atoms with Gasteiger partial charge in [0.25, 0.3) is 0 Å². The maximum absolute atomic E-state index is 10.1. The van der Waals surface area contributed by atoms with Crippen LogP contribution >= 0.6 is 0 Å². The zero-order valence-corrected chi connectivity index (χ0v) is 19.3. The predicted molar refractivity (Wildman–Crippen MR) is 121 cm³/mol. The summed E-state index contributed by atoms with van der Waals surface area (Å²) in [5, 5.41) is 39.1. The van der Waals surface area contributed by atoms with Gasteiger partial charge in [0.2, 0.25) is 0 Å². The van der Waals surface area contributed by atoms with E-state index in [0.717, 1.165) is 12.8 Å². The third kappa shape index (κ3) is 10.9. The van der Waals surface area contributed by atoms with Gasteiger partial charge >= 0.3 is 0 Å². The Balaban J connectivity index is 1.96. The van der Waals surface area contributed by atoms with Gasteiger partial charge in [-0.3, -0.25) is 0 Å². The summed E-state index contributed by atoms with van der Waals surface area (Å²) in [5.41, 5.74) is 6.16. The molecule has 0 radical (unpaired) electrons. The normalized spacial score (nSPS) is 28.0. The highest BCUT2D eigenvalue weighted by atomic mass is 16.5. The minimum atomic E-state index is -1.34. The van der Waals surface area contributed by atoms with Crippen LogP contribution in [0.5, 0.6) is 0 Å². The molecule has 6 heteroatoms. The molecule has 1 rings (SSSR count). The summed E-state index contributed by atoms with van der Waals surface area (Å²) >= 11 is 0. The first-order chi connectivity index (χ1) is 14.5. The average Bonchev–Trinajstić information content (AvgIpc) is 2.75. The molecule has 30 heavy (non-hydrogen) atoms. The number of ether oxygens (including phenoxy) is 1. The molecular weight excluding hydrogens is 382 g/mol. The molecule has 0 amide bonds. The molecule has 180 valence electrons. The lowest BCUT2D eigenvalue weighted by Gasteiger charge is -2.42. The Kier molecular flexibility index (Phi) is 16.1. The fourth-order valence-electron chi connectivity index (χ4n) is 4.40. The second kappa shape index (κ2) is 17.3. The van der Waals surface area contributed by atoms with Crippen LogP contribution in [-0.4, -0.2) is 63.6 Å². The van der Waals surface area contributed by atoms with Crippen molar-refractivity contribution in [2.45, 2.75) is 146 Å². The molecule has 1 aliphatic heterocycles. The molecule has 0 aromatic rings. The van der Waals surface area contributed by atoms with Gasteiger partial charge in [-0.25, -0.2) is 0 Å². The molecule has 1 aliphatic rings. The van der Waals surface area contributed by atoms with Crippen molar-refractivity contribution in [3.63, 3.8) is 0 Å². The van der Waals surface area contributed by atoms with Crippen LogP contribution in [0.25, 0.3) is 0 Å². The van der Waals surface area contributed by atoms with E-state index in [4.69, 9.17) is 10.5 Å². The van der Waals surface area contributed by atoms with E-state index in [1.165, 1.54) is 83.5 Å². The molecule has 1 heterocycles. The molecule has 0 saturated carbocycles. The van der Waals surface area contributed by atoms with Crippen LogP contribution in [0.1, 0.15) is 110 Å². The maximum Gasteiger partial charge on any atom is 0.111 e. The Morgan fingerprint density at radius 1 is 0.667 bits per heavy atom. The van der Waals surface area contributed by atoms with Gasteiger partial charge in [0.05, 0.1) is 6.61 Å². The van der Waals surface area contributed by atoms with Crippen LogP contribution in [0.2, 0.25) is 0 Å². The fraction of sp³-hybridized carbons (Fsp3) is 1.00. The van der Waals surface area contributed by atoms with Crippen molar-refractivity contribution in [2.75, 3.05) is 6.61 Å². The Hall–Kier alpha value is -0.240. The number of aliphatic hydroxyl groups excluding tert-OH is 4. The predicted octanol–water partition coefficient (Wildman–Crippen LogP) is 3.42. The average molecular weight is 432 g/mol. The second-order valence-corrected chi connectivity index (χ2v) is 9.20. The molecule has 6 N–H and O–H groups in total. The van der Waals surface area contributed by atoms with Crippen LogP contribution in [-0.2, 0) is 4.74 Å². The largest absolute Gasteiger partial charge is 0.394 e. The number of rotatable bonds is 18. The molecule has 0 aromatic carbocycles. The van der Waals surface area contributed by atoms with Gasteiger partial charge in [-0.2, -0.15) is 0 Å². The molecule has 6 atom stereocenters. The summed E-state index contributed by atoms with van der Waals surface area (Å²) in [4.78, 5) is 0. The van der Waals surface area contributed by atoms with E-state index < -0.39 is 43.2 Å². The van der Waals surface area contributed by atoms with Crippen LogP contribution in [0.3, 0.4) is 0 Å². The third-order valence-corrected chi connectivity index (χ3v) is 6.49. The van der Waals surface area contributed by atoms with Crippen molar-refractivity contribution in [2.24, 2.45) is 5.73 Å². The van der Waals surface area contributed by atoms with Gasteiger partial charge in [-0.1, -0.05) is 103 Å². The lowest BCUT2D eigenvalue weighted by molar-refractivity contribution is -0.233. The van der Waals surface area contributed by atoms with Crippen molar-refractivity contribution in [1.82, 2.24) is 0 Å². The number of hydrogen-bond donors (Lipinski definition) is 5. The monoisotopic (exact) mass is 431 g/mol. The van der Waals surface area contributed by atoms with E-state index in [-0.39, 0.29) is 0 Å². The first kappa shape index (κ1) is 27.8. The van der Waals surface area contributed by atoms with Crippen molar-refractivity contribution in [3.8, 4) is 0 Å². The van der Waals surface area contributed by atoms with E-state index in [2.05, 4.69) is 6.92 Å². The first-order valence-electron chi connectivity index (χ1n) is 12.6. The number of hydrogen-bond acceptors (Lipinski definition) is 6. The van der Waals surface area contributed by atoms with E-state index in [1.807, 2.05) is 0 Å². The summed E-state index contributed by atoms with van der Waals surface area (Å²) in [6, 6.07) is -0.418. The molecule has 1 saturated heterocycles. The summed E-state index contributed by atoms with van der Waals surface area (Å²) in [6.07, 6.45) is 14.8. The minimum Gasteiger partial charge on any atom is -0.394 e. The van der Waals surface area contributed by atoms with Crippen molar-refractivity contribution >= 4 is 0 Å². The number of aliphatic hydroxyl groups is 4. The minimum absolute atomic E-state index is 0.410. The highest BCUT2D eigenvalue weighted by Crippen LogP contribution is 2.24. The summed E-state index contributed by atoms with van der Waals surface area (Å²) in [5.74, 6) is 0. The van der Waals surface area contributed by atoms with Crippen LogP contribution in [0.4, 0.5) is 0 Å². The molecule has 1 fully saturated rings. The molecule has 2 unspecified atom stereocenters. The lowest BCUT2D eigenvalue weighted by atomic mass is 9.89. The highest BCUT2D eigenvalue weighted by molar-refractivity contribution is 4.95. The Bertz CT molecular complexity index is 396. The van der Waals surface area contributed by atoms with Gasteiger partial charge in [0.1, 0.15) is 30.5 Å². The zero-order chi connectivity index (χ0) is 22.2. The fourth-order valence-corrected chi connectivity index (χ4v) is 4.40. The molecule has 0 spiro atoms. The summed E-state index contributed by atoms with van der Waals surface area (Å²) in [7, 11) is 0. The quantitative estimate of drug-likeness (QED) is 0.212. The van der Waals surface area contributed by atoms with Crippen molar-refractivity contribution < 1.29 is 25.2 Å². The molecule has 0 aliphatic carbocycles. The van der Waals surface area contributed by atoms with E-state index in [9.17, 15) is 20.4 Å².